The number of unbranched alkanes of at least 4 members (excludes halogenated alkanes) is 1. The van der Waals surface area contributed by atoms with E-state index in [0.29, 0.717) is 17.9 Å². The molecule has 3 aromatic rings. The molecule has 0 aliphatic rings. The largest absolute Gasteiger partial charge is 0.490 e. The number of hydrogen-bond donors (Lipinski definition) is 2. The third-order valence-electron chi connectivity index (χ3n) is 6.94. The van der Waals surface area contributed by atoms with Gasteiger partial charge in [-0.05, 0) is 71.2 Å². The minimum absolute atomic E-state index is 0.0457. The minimum Gasteiger partial charge on any atom is -0.490 e. The van der Waals surface area contributed by atoms with Crippen molar-refractivity contribution < 1.29 is 43.1 Å². The highest BCUT2D eigenvalue weighted by Crippen LogP contribution is 2.34. The van der Waals surface area contributed by atoms with Crippen LogP contribution in [0, 0.1) is 0 Å². The fourth-order valence-electron chi connectivity index (χ4n) is 4.45. The summed E-state index contributed by atoms with van der Waals surface area (Å²) < 4.78 is 34.3. The summed E-state index contributed by atoms with van der Waals surface area (Å²) in [6.45, 7) is 7.72. The molecule has 3 aromatic carbocycles. The maximum absolute atomic E-state index is 12.5. The molecule has 45 heavy (non-hydrogen) atoms. The van der Waals surface area contributed by atoms with Crippen molar-refractivity contribution in [2.45, 2.75) is 32.6 Å². The van der Waals surface area contributed by atoms with Gasteiger partial charge in [-0.1, -0.05) is 62.5 Å². The summed E-state index contributed by atoms with van der Waals surface area (Å²) in [4.78, 5) is 23.5. The van der Waals surface area contributed by atoms with Crippen molar-refractivity contribution in [1.82, 2.24) is 0 Å². The number of carbonyl (C=O) groups excluding carboxylic acids is 2. The molecule has 0 aliphatic heterocycles. The highest BCUT2D eigenvalue weighted by molar-refractivity contribution is 5.88. The standard InChI is InChI=1S/C36H41FO8/c1-4-28-19-30(12-13-34(28)29-10-8-27(9-11-29)7-5-6-14-37)31-20-32(42-15-17-44-35(40)25(2)23-38)22-33(21-31)43-16-18-45-36(41)26(3)24-39/h8-13,19-22,38-39H,2-7,14-18,23-24H2,1H3. The lowest BCUT2D eigenvalue weighted by molar-refractivity contribution is -0.141. The van der Waals surface area contributed by atoms with Crippen LogP contribution in [-0.4, -0.2) is 68.5 Å². The van der Waals surface area contributed by atoms with Crippen LogP contribution in [0.15, 0.2) is 85.0 Å². The van der Waals surface area contributed by atoms with Gasteiger partial charge in [0.05, 0.1) is 31.0 Å². The van der Waals surface area contributed by atoms with Gasteiger partial charge in [0.1, 0.15) is 37.9 Å². The van der Waals surface area contributed by atoms with Gasteiger partial charge in [-0.3, -0.25) is 4.39 Å². The maximum Gasteiger partial charge on any atom is 0.335 e. The number of aryl methyl sites for hydroxylation is 2. The number of halogens is 1. The molecule has 0 unspecified atom stereocenters. The van der Waals surface area contributed by atoms with Crippen molar-refractivity contribution >= 4 is 11.9 Å². The first-order valence-corrected chi connectivity index (χ1v) is 14.9. The molecule has 0 heterocycles. The van der Waals surface area contributed by atoms with E-state index in [1.807, 2.05) is 18.2 Å². The topological polar surface area (TPSA) is 112 Å². The molecule has 3 rings (SSSR count). The summed E-state index contributed by atoms with van der Waals surface area (Å²) in [7, 11) is 0. The Bertz CT molecular complexity index is 1390. The van der Waals surface area contributed by atoms with Gasteiger partial charge in [-0.25, -0.2) is 9.59 Å². The van der Waals surface area contributed by atoms with E-state index < -0.39 is 25.2 Å². The Morgan fingerprint density at radius 2 is 1.27 bits per heavy atom. The second-order valence-electron chi connectivity index (χ2n) is 10.3. The molecule has 0 spiro atoms. The smallest absolute Gasteiger partial charge is 0.335 e. The van der Waals surface area contributed by atoms with Crippen molar-refractivity contribution in [1.29, 1.82) is 0 Å². The average molecular weight is 621 g/mol. The fraction of sp³-hybridized carbons (Fsp3) is 0.333. The van der Waals surface area contributed by atoms with Crippen molar-refractivity contribution in [2.24, 2.45) is 0 Å². The average Bonchev–Trinajstić information content (AvgIpc) is 3.07. The number of alkyl halides is 1. The number of esters is 2. The Hall–Kier alpha value is -4.47. The van der Waals surface area contributed by atoms with Crippen LogP contribution >= 0.6 is 0 Å². The van der Waals surface area contributed by atoms with Gasteiger partial charge in [-0.2, -0.15) is 0 Å². The first-order valence-electron chi connectivity index (χ1n) is 14.9. The van der Waals surface area contributed by atoms with Crippen LogP contribution in [0.5, 0.6) is 11.5 Å². The fourth-order valence-corrected chi connectivity index (χ4v) is 4.45. The van der Waals surface area contributed by atoms with Gasteiger partial charge in [0, 0.05) is 6.07 Å². The Balaban J connectivity index is 1.80. The zero-order valence-corrected chi connectivity index (χ0v) is 25.7. The first-order chi connectivity index (χ1) is 21.8. The second kappa shape index (κ2) is 18.4. The highest BCUT2D eigenvalue weighted by atomic mass is 19.1. The van der Waals surface area contributed by atoms with E-state index in [0.717, 1.165) is 47.1 Å². The van der Waals surface area contributed by atoms with E-state index in [2.05, 4.69) is 56.5 Å². The molecule has 240 valence electrons. The summed E-state index contributed by atoms with van der Waals surface area (Å²) in [6, 6.07) is 20.0. The first kappa shape index (κ1) is 35.0. The number of ether oxygens (including phenoxy) is 4. The lowest BCUT2D eigenvalue weighted by Crippen LogP contribution is -2.15. The molecule has 8 nitrogen and oxygen atoms in total. The number of aliphatic hydroxyl groups is 2. The molecular weight excluding hydrogens is 579 g/mol. The van der Waals surface area contributed by atoms with Crippen LogP contribution in [0.3, 0.4) is 0 Å². The molecule has 0 bridgehead atoms. The summed E-state index contributed by atoms with van der Waals surface area (Å²) in [5, 5.41) is 18.1. The monoisotopic (exact) mass is 620 g/mol. The molecule has 0 aromatic heterocycles. The van der Waals surface area contributed by atoms with E-state index >= 15 is 0 Å². The van der Waals surface area contributed by atoms with Gasteiger partial charge in [0.15, 0.2) is 0 Å². The molecule has 0 radical (unpaired) electrons. The molecule has 2 N–H and O–H groups in total. The zero-order chi connectivity index (χ0) is 32.6. The Morgan fingerprint density at radius 1 is 0.711 bits per heavy atom. The number of carbonyl (C=O) groups is 2. The van der Waals surface area contributed by atoms with Gasteiger partial charge in [0.25, 0.3) is 0 Å². The van der Waals surface area contributed by atoms with Crippen LogP contribution in [0.1, 0.15) is 30.9 Å². The molecular formula is C36H41FO8. The molecule has 0 saturated heterocycles. The predicted molar refractivity (Wildman–Crippen MR) is 171 cm³/mol. The number of aliphatic hydroxyl groups excluding tert-OH is 2. The molecule has 0 amide bonds. The lowest BCUT2D eigenvalue weighted by Gasteiger charge is -2.15. The van der Waals surface area contributed by atoms with Gasteiger partial charge in [0.2, 0.25) is 0 Å². The lowest BCUT2D eigenvalue weighted by atomic mass is 9.93. The summed E-state index contributed by atoms with van der Waals surface area (Å²) in [5.41, 5.74) is 6.23. The second-order valence-corrected chi connectivity index (χ2v) is 10.3. The van der Waals surface area contributed by atoms with Crippen molar-refractivity contribution in [3.8, 4) is 33.8 Å². The zero-order valence-electron chi connectivity index (χ0n) is 25.7. The number of benzene rings is 3. The summed E-state index contributed by atoms with van der Waals surface area (Å²) >= 11 is 0. The number of hydrogen-bond acceptors (Lipinski definition) is 8. The SMILES string of the molecule is C=C(CO)C(=O)OCCOc1cc(OCCOC(=O)C(=C)CO)cc(-c2ccc(-c3ccc(CCCCF)cc3)c(CC)c2)c1. The molecule has 0 saturated carbocycles. The van der Waals surface area contributed by atoms with E-state index in [1.165, 1.54) is 5.56 Å². The van der Waals surface area contributed by atoms with E-state index in [-0.39, 0.29) is 44.2 Å². The normalized spacial score (nSPS) is 10.7. The molecule has 9 heteroatoms. The van der Waals surface area contributed by atoms with Crippen LogP contribution in [0.25, 0.3) is 22.3 Å². The van der Waals surface area contributed by atoms with Crippen LogP contribution in [0.4, 0.5) is 4.39 Å². The van der Waals surface area contributed by atoms with Gasteiger partial charge in [-0.15, -0.1) is 0 Å². The molecule has 0 aliphatic carbocycles. The molecule has 0 atom stereocenters. The van der Waals surface area contributed by atoms with Crippen LogP contribution in [0.2, 0.25) is 0 Å². The summed E-state index contributed by atoms with van der Waals surface area (Å²) in [5.74, 6) is -0.460. The van der Waals surface area contributed by atoms with E-state index in [9.17, 15) is 14.0 Å². The quantitative estimate of drug-likeness (QED) is 0.0981. The van der Waals surface area contributed by atoms with Crippen molar-refractivity contribution in [3.05, 3.63) is 96.1 Å². The van der Waals surface area contributed by atoms with E-state index in [4.69, 9.17) is 29.2 Å². The summed E-state index contributed by atoms with van der Waals surface area (Å²) in [6.07, 6.45) is 3.06. The Kier molecular flexibility index (Phi) is 14.3. The molecule has 0 fully saturated rings. The highest BCUT2D eigenvalue weighted by Gasteiger charge is 2.12. The Morgan fingerprint density at radius 3 is 1.78 bits per heavy atom. The van der Waals surface area contributed by atoms with Crippen molar-refractivity contribution in [3.63, 3.8) is 0 Å². The third kappa shape index (κ3) is 10.9. The Labute approximate surface area is 263 Å². The predicted octanol–water partition coefficient (Wildman–Crippen LogP) is 5.82. The van der Waals surface area contributed by atoms with Gasteiger partial charge < -0.3 is 29.2 Å². The van der Waals surface area contributed by atoms with E-state index in [1.54, 1.807) is 6.07 Å². The third-order valence-corrected chi connectivity index (χ3v) is 6.94. The van der Waals surface area contributed by atoms with Crippen LogP contribution in [-0.2, 0) is 31.9 Å². The van der Waals surface area contributed by atoms with Crippen molar-refractivity contribution in [2.75, 3.05) is 46.3 Å². The minimum atomic E-state index is -0.698. The number of rotatable bonds is 19. The van der Waals surface area contributed by atoms with Gasteiger partial charge >= 0.3 is 11.9 Å². The van der Waals surface area contributed by atoms with Crippen LogP contribution < -0.4 is 9.47 Å². The maximum atomic E-state index is 12.5.